The molecular formula is C12H13F3N2O3. The van der Waals surface area contributed by atoms with Crippen LogP contribution in [0.1, 0.15) is 11.6 Å². The van der Waals surface area contributed by atoms with Crippen molar-refractivity contribution >= 4 is 12.0 Å². The molecule has 0 spiro atoms. The predicted molar refractivity (Wildman–Crippen MR) is 64.0 cm³/mol. The molecule has 0 saturated carbocycles. The van der Waals surface area contributed by atoms with Gasteiger partial charge in [0.25, 0.3) is 0 Å². The minimum absolute atomic E-state index is 0.272. The number of nitrogens with one attached hydrogen (secondary N) is 1. The lowest BCUT2D eigenvalue weighted by atomic mass is 10.1. The Hall–Kier alpha value is -2.25. The minimum Gasteiger partial charge on any atom is -0.479 e. The molecule has 0 bridgehead atoms. The Balaban J connectivity index is 2.77. The van der Waals surface area contributed by atoms with E-state index in [0.717, 1.165) is 7.05 Å². The van der Waals surface area contributed by atoms with Gasteiger partial charge in [-0.25, -0.2) is 9.59 Å². The molecule has 2 amide bonds. The number of rotatable bonds is 4. The fourth-order valence-corrected chi connectivity index (χ4v) is 1.51. The highest BCUT2D eigenvalue weighted by Gasteiger charge is 2.32. The summed E-state index contributed by atoms with van der Waals surface area (Å²) in [4.78, 5) is 23.0. The summed E-state index contributed by atoms with van der Waals surface area (Å²) < 4.78 is 36.4. The fourth-order valence-electron chi connectivity index (χ4n) is 1.51. The van der Waals surface area contributed by atoms with Crippen molar-refractivity contribution in [3.8, 4) is 0 Å². The van der Waals surface area contributed by atoms with Crippen molar-refractivity contribution in [2.24, 2.45) is 0 Å². The molecule has 1 rings (SSSR count). The molecule has 0 saturated heterocycles. The Labute approximate surface area is 113 Å². The van der Waals surface area contributed by atoms with Crippen LogP contribution in [0.4, 0.5) is 18.0 Å². The zero-order chi connectivity index (χ0) is 15.3. The Morgan fingerprint density at radius 3 is 2.30 bits per heavy atom. The van der Waals surface area contributed by atoms with Crippen molar-refractivity contribution in [3.05, 3.63) is 35.9 Å². The van der Waals surface area contributed by atoms with E-state index in [9.17, 15) is 22.8 Å². The predicted octanol–water partition coefficient (Wildman–Crippen LogP) is 2.02. The lowest BCUT2D eigenvalue weighted by Crippen LogP contribution is -2.45. The summed E-state index contributed by atoms with van der Waals surface area (Å²) in [6.45, 7) is -1.46. The second kappa shape index (κ2) is 6.27. The molecule has 8 heteroatoms. The number of hydrogen-bond acceptors (Lipinski definition) is 2. The Kier molecular flexibility index (Phi) is 4.95. The van der Waals surface area contributed by atoms with Crippen LogP contribution in [0.25, 0.3) is 0 Å². The third kappa shape index (κ3) is 4.79. The van der Waals surface area contributed by atoms with E-state index < -0.39 is 30.8 Å². The van der Waals surface area contributed by atoms with Gasteiger partial charge in [0, 0.05) is 7.05 Å². The van der Waals surface area contributed by atoms with Crippen LogP contribution in [0, 0.1) is 0 Å². The van der Waals surface area contributed by atoms with Crippen molar-refractivity contribution in [3.63, 3.8) is 0 Å². The third-order valence-corrected chi connectivity index (χ3v) is 2.41. The summed E-state index contributed by atoms with van der Waals surface area (Å²) in [5.74, 6) is -1.36. The fraction of sp³-hybridized carbons (Fsp3) is 0.333. The summed E-state index contributed by atoms with van der Waals surface area (Å²) in [5.41, 5.74) is 0.272. The number of alkyl halides is 3. The maximum atomic E-state index is 12.1. The van der Waals surface area contributed by atoms with E-state index >= 15 is 0 Å². The van der Waals surface area contributed by atoms with Crippen LogP contribution in [-0.4, -0.2) is 41.8 Å². The van der Waals surface area contributed by atoms with Crippen molar-refractivity contribution in [1.29, 1.82) is 0 Å². The monoisotopic (exact) mass is 290 g/mol. The van der Waals surface area contributed by atoms with Gasteiger partial charge in [0.1, 0.15) is 6.54 Å². The number of hydrogen-bond donors (Lipinski definition) is 2. The zero-order valence-electron chi connectivity index (χ0n) is 10.5. The number of carbonyl (C=O) groups excluding carboxylic acids is 1. The molecule has 0 aliphatic carbocycles. The van der Waals surface area contributed by atoms with Gasteiger partial charge in [-0.2, -0.15) is 13.2 Å². The molecule has 1 atom stereocenters. The first kappa shape index (κ1) is 15.8. The van der Waals surface area contributed by atoms with Gasteiger partial charge in [-0.15, -0.1) is 0 Å². The van der Waals surface area contributed by atoms with E-state index in [-0.39, 0.29) is 5.56 Å². The molecule has 0 unspecified atom stereocenters. The molecule has 0 aliphatic heterocycles. The van der Waals surface area contributed by atoms with Gasteiger partial charge in [0.2, 0.25) is 0 Å². The summed E-state index contributed by atoms with van der Waals surface area (Å²) in [7, 11) is 0.937. The topological polar surface area (TPSA) is 69.6 Å². The second-order valence-corrected chi connectivity index (χ2v) is 4.10. The van der Waals surface area contributed by atoms with Crippen LogP contribution < -0.4 is 5.32 Å². The van der Waals surface area contributed by atoms with Gasteiger partial charge in [-0.05, 0) is 5.56 Å². The summed E-state index contributed by atoms with van der Waals surface area (Å²) in [6.07, 6.45) is -4.54. The summed E-state index contributed by atoms with van der Waals surface area (Å²) in [6, 6.07) is 5.19. The lowest BCUT2D eigenvalue weighted by Gasteiger charge is -2.22. The van der Waals surface area contributed by atoms with Crippen molar-refractivity contribution in [1.82, 2.24) is 10.2 Å². The largest absolute Gasteiger partial charge is 0.479 e. The molecule has 0 aliphatic rings. The minimum atomic E-state index is -4.54. The van der Waals surface area contributed by atoms with E-state index in [0.29, 0.717) is 4.90 Å². The SMILES string of the molecule is CN(CC(F)(F)F)C(=O)N[C@H](C(=O)O)c1ccccc1. The molecule has 20 heavy (non-hydrogen) atoms. The van der Waals surface area contributed by atoms with E-state index in [1.165, 1.54) is 12.1 Å². The van der Waals surface area contributed by atoms with Crippen LogP contribution in [0.3, 0.4) is 0 Å². The molecule has 2 N–H and O–H groups in total. The van der Waals surface area contributed by atoms with Gasteiger partial charge in [0.05, 0.1) is 0 Å². The molecule has 0 heterocycles. The van der Waals surface area contributed by atoms with E-state index in [2.05, 4.69) is 0 Å². The number of amides is 2. The Morgan fingerprint density at radius 1 is 1.30 bits per heavy atom. The van der Waals surface area contributed by atoms with Crippen LogP contribution in [-0.2, 0) is 4.79 Å². The molecule has 110 valence electrons. The number of carboxylic acids is 1. The van der Waals surface area contributed by atoms with Gasteiger partial charge >= 0.3 is 18.2 Å². The van der Waals surface area contributed by atoms with E-state index in [1.54, 1.807) is 18.2 Å². The van der Waals surface area contributed by atoms with Gasteiger partial charge < -0.3 is 15.3 Å². The quantitative estimate of drug-likeness (QED) is 0.891. The molecule has 1 aromatic rings. The molecule has 1 aromatic carbocycles. The maximum absolute atomic E-state index is 12.1. The molecular weight excluding hydrogens is 277 g/mol. The highest BCUT2D eigenvalue weighted by molar-refractivity contribution is 5.83. The first-order valence-corrected chi connectivity index (χ1v) is 5.57. The number of halogens is 3. The van der Waals surface area contributed by atoms with Crippen LogP contribution >= 0.6 is 0 Å². The highest BCUT2D eigenvalue weighted by Crippen LogP contribution is 2.17. The molecule has 0 fully saturated rings. The highest BCUT2D eigenvalue weighted by atomic mass is 19.4. The first-order chi connectivity index (χ1) is 9.20. The molecule has 0 aromatic heterocycles. The van der Waals surface area contributed by atoms with Crippen LogP contribution in [0.2, 0.25) is 0 Å². The van der Waals surface area contributed by atoms with Gasteiger partial charge in [-0.3, -0.25) is 0 Å². The van der Waals surface area contributed by atoms with Gasteiger partial charge in [-0.1, -0.05) is 30.3 Å². The van der Waals surface area contributed by atoms with Crippen molar-refractivity contribution < 1.29 is 27.9 Å². The summed E-state index contributed by atoms with van der Waals surface area (Å²) >= 11 is 0. The lowest BCUT2D eigenvalue weighted by molar-refractivity contribution is -0.140. The van der Waals surface area contributed by atoms with E-state index in [1.807, 2.05) is 5.32 Å². The Morgan fingerprint density at radius 2 is 1.85 bits per heavy atom. The second-order valence-electron chi connectivity index (χ2n) is 4.10. The van der Waals surface area contributed by atoms with Crippen molar-refractivity contribution in [2.75, 3.05) is 13.6 Å². The normalized spacial score (nSPS) is 12.6. The number of carbonyl (C=O) groups is 2. The number of carboxylic acid groups (broad SMARTS) is 1. The van der Waals surface area contributed by atoms with Crippen LogP contribution in [0.5, 0.6) is 0 Å². The average Bonchev–Trinajstić information content (AvgIpc) is 2.34. The number of urea groups is 1. The standard InChI is InChI=1S/C12H13F3N2O3/c1-17(7-12(13,14)15)11(20)16-9(10(18)19)8-5-3-2-4-6-8/h2-6,9H,7H2,1H3,(H,16,20)(H,18,19)/t9-/m0/s1. The third-order valence-electron chi connectivity index (χ3n) is 2.41. The number of benzene rings is 1. The summed E-state index contributed by atoms with van der Waals surface area (Å²) in [5, 5.41) is 11.1. The smallest absolute Gasteiger partial charge is 0.406 e. The zero-order valence-corrected chi connectivity index (χ0v) is 10.5. The molecule has 0 radical (unpaired) electrons. The van der Waals surface area contributed by atoms with E-state index in [4.69, 9.17) is 5.11 Å². The molecule has 5 nitrogen and oxygen atoms in total. The first-order valence-electron chi connectivity index (χ1n) is 5.57. The number of nitrogens with zero attached hydrogens (tertiary/aromatic N) is 1. The maximum Gasteiger partial charge on any atom is 0.406 e. The Bertz CT molecular complexity index is 477. The number of aliphatic carboxylic acids is 1. The average molecular weight is 290 g/mol. The van der Waals surface area contributed by atoms with Gasteiger partial charge in [0.15, 0.2) is 6.04 Å². The van der Waals surface area contributed by atoms with Crippen molar-refractivity contribution in [2.45, 2.75) is 12.2 Å². The van der Waals surface area contributed by atoms with Crippen LogP contribution in [0.15, 0.2) is 30.3 Å².